The summed E-state index contributed by atoms with van der Waals surface area (Å²) in [7, 11) is 0. The van der Waals surface area contributed by atoms with E-state index in [4.69, 9.17) is 5.73 Å². The summed E-state index contributed by atoms with van der Waals surface area (Å²) in [5.74, 6) is 1.21. The van der Waals surface area contributed by atoms with Gasteiger partial charge in [0.2, 0.25) is 0 Å². The molecule has 0 atom stereocenters. The Morgan fingerprint density at radius 2 is 1.80 bits per heavy atom. The molecule has 0 radical (unpaired) electrons. The van der Waals surface area contributed by atoms with Crippen LogP contribution >= 0.6 is 0 Å². The molecule has 1 heterocycles. The van der Waals surface area contributed by atoms with Crippen LogP contribution in [0.15, 0.2) is 24.3 Å². The van der Waals surface area contributed by atoms with E-state index in [9.17, 15) is 0 Å². The fourth-order valence-corrected chi connectivity index (χ4v) is 1.54. The van der Waals surface area contributed by atoms with Crippen LogP contribution in [-0.4, -0.2) is 16.0 Å². The Labute approximate surface area is 87.5 Å². The highest BCUT2D eigenvalue weighted by atomic mass is 15.1. The average Bonchev–Trinajstić information content (AvgIpc) is 3.03. The van der Waals surface area contributed by atoms with Crippen molar-refractivity contribution < 1.29 is 0 Å². The number of benzene rings is 1. The molecule has 0 amide bonds. The number of hydrogen-bond acceptors (Lipinski definition) is 4. The van der Waals surface area contributed by atoms with Crippen molar-refractivity contribution in [2.45, 2.75) is 18.9 Å². The maximum atomic E-state index is 5.83. The van der Waals surface area contributed by atoms with Crippen molar-refractivity contribution in [1.82, 2.24) is 9.97 Å². The van der Waals surface area contributed by atoms with E-state index in [2.05, 4.69) is 15.3 Å². The van der Waals surface area contributed by atoms with E-state index in [0.717, 1.165) is 16.9 Å². The van der Waals surface area contributed by atoms with Crippen molar-refractivity contribution in [3.63, 3.8) is 0 Å². The van der Waals surface area contributed by atoms with Gasteiger partial charge in [0.1, 0.15) is 0 Å². The van der Waals surface area contributed by atoms with Gasteiger partial charge in [-0.1, -0.05) is 12.1 Å². The second-order valence-electron chi connectivity index (χ2n) is 3.86. The van der Waals surface area contributed by atoms with Crippen LogP contribution in [0.5, 0.6) is 0 Å². The predicted molar refractivity (Wildman–Crippen MR) is 60.6 cm³/mol. The number of nitrogens with two attached hydrogens (primary N) is 1. The van der Waals surface area contributed by atoms with Gasteiger partial charge in [0.25, 0.3) is 0 Å². The molecule has 0 bridgehead atoms. The molecule has 1 fully saturated rings. The highest BCUT2D eigenvalue weighted by molar-refractivity contribution is 5.79. The quantitative estimate of drug-likeness (QED) is 0.775. The smallest absolute Gasteiger partial charge is 0.169 e. The van der Waals surface area contributed by atoms with Gasteiger partial charge in [-0.3, -0.25) is 0 Å². The van der Waals surface area contributed by atoms with Crippen molar-refractivity contribution in [1.29, 1.82) is 0 Å². The molecule has 1 aromatic heterocycles. The first kappa shape index (κ1) is 8.47. The van der Waals surface area contributed by atoms with E-state index >= 15 is 0 Å². The van der Waals surface area contributed by atoms with Gasteiger partial charge in [0, 0.05) is 6.04 Å². The first-order valence-electron chi connectivity index (χ1n) is 5.12. The lowest BCUT2D eigenvalue weighted by molar-refractivity contribution is 1.11. The molecule has 0 spiro atoms. The number of anilines is 2. The van der Waals surface area contributed by atoms with E-state index in [0.29, 0.717) is 11.9 Å². The van der Waals surface area contributed by atoms with E-state index in [1.807, 2.05) is 24.3 Å². The zero-order chi connectivity index (χ0) is 10.3. The lowest BCUT2D eigenvalue weighted by Gasteiger charge is -2.07. The largest absolute Gasteiger partial charge is 0.381 e. The van der Waals surface area contributed by atoms with Crippen LogP contribution in [0.25, 0.3) is 11.0 Å². The molecule has 1 aliphatic rings. The van der Waals surface area contributed by atoms with Crippen LogP contribution in [0.3, 0.4) is 0 Å². The number of hydrogen-bond donors (Lipinski definition) is 2. The van der Waals surface area contributed by atoms with Gasteiger partial charge < -0.3 is 11.1 Å². The van der Waals surface area contributed by atoms with Crippen LogP contribution in [0.4, 0.5) is 11.6 Å². The van der Waals surface area contributed by atoms with Crippen LogP contribution in [-0.2, 0) is 0 Å². The lowest BCUT2D eigenvalue weighted by atomic mass is 10.3. The molecule has 4 heteroatoms. The Morgan fingerprint density at radius 3 is 2.47 bits per heavy atom. The van der Waals surface area contributed by atoms with Gasteiger partial charge >= 0.3 is 0 Å². The van der Waals surface area contributed by atoms with Gasteiger partial charge in [-0.15, -0.1) is 0 Å². The number of nitrogens with zero attached hydrogens (tertiary/aromatic N) is 2. The van der Waals surface area contributed by atoms with Crippen LogP contribution in [0.2, 0.25) is 0 Å². The van der Waals surface area contributed by atoms with Gasteiger partial charge in [0.05, 0.1) is 11.0 Å². The summed E-state index contributed by atoms with van der Waals surface area (Å²) in [6.07, 6.45) is 2.40. The van der Waals surface area contributed by atoms with Gasteiger partial charge in [0.15, 0.2) is 11.6 Å². The van der Waals surface area contributed by atoms with E-state index in [-0.39, 0.29) is 0 Å². The topological polar surface area (TPSA) is 63.8 Å². The molecule has 1 saturated carbocycles. The highest BCUT2D eigenvalue weighted by Crippen LogP contribution is 2.27. The summed E-state index contributed by atoms with van der Waals surface area (Å²) in [5.41, 5.74) is 7.55. The Hall–Kier alpha value is -1.84. The minimum atomic E-state index is 0.487. The lowest BCUT2D eigenvalue weighted by Crippen LogP contribution is -2.07. The van der Waals surface area contributed by atoms with Gasteiger partial charge in [-0.25, -0.2) is 9.97 Å². The van der Waals surface area contributed by atoms with Crippen molar-refractivity contribution in [3.8, 4) is 0 Å². The first-order valence-corrected chi connectivity index (χ1v) is 5.12. The van der Waals surface area contributed by atoms with Gasteiger partial charge in [-0.05, 0) is 25.0 Å². The number of fused-ring (bicyclic) bond motifs is 1. The third kappa shape index (κ3) is 1.58. The van der Waals surface area contributed by atoms with Crippen molar-refractivity contribution in [2.75, 3.05) is 11.1 Å². The Kier molecular flexibility index (Phi) is 1.74. The summed E-state index contributed by atoms with van der Waals surface area (Å²) in [4.78, 5) is 8.77. The third-order valence-corrected chi connectivity index (χ3v) is 2.52. The second-order valence-corrected chi connectivity index (χ2v) is 3.86. The minimum Gasteiger partial charge on any atom is -0.381 e. The summed E-state index contributed by atoms with van der Waals surface area (Å²) in [6.45, 7) is 0. The Bertz CT molecular complexity index is 505. The number of nitrogen functional groups attached to an aromatic ring is 1. The van der Waals surface area contributed by atoms with Crippen molar-refractivity contribution in [2.24, 2.45) is 0 Å². The first-order chi connectivity index (χ1) is 7.33. The molecule has 0 saturated heterocycles. The summed E-state index contributed by atoms with van der Waals surface area (Å²) < 4.78 is 0. The fourth-order valence-electron chi connectivity index (χ4n) is 1.54. The summed E-state index contributed by atoms with van der Waals surface area (Å²) in [6, 6.07) is 8.29. The maximum absolute atomic E-state index is 5.83. The Morgan fingerprint density at radius 1 is 1.13 bits per heavy atom. The van der Waals surface area contributed by atoms with E-state index < -0.39 is 0 Å². The van der Waals surface area contributed by atoms with Crippen molar-refractivity contribution in [3.05, 3.63) is 24.3 Å². The van der Waals surface area contributed by atoms with Crippen LogP contribution in [0.1, 0.15) is 12.8 Å². The molecule has 3 N–H and O–H groups in total. The molecule has 1 aliphatic carbocycles. The molecule has 1 aromatic carbocycles. The van der Waals surface area contributed by atoms with Gasteiger partial charge in [-0.2, -0.15) is 0 Å². The van der Waals surface area contributed by atoms with E-state index in [1.54, 1.807) is 0 Å². The second kappa shape index (κ2) is 3.08. The third-order valence-electron chi connectivity index (χ3n) is 2.52. The molecule has 2 aromatic rings. The molecule has 3 rings (SSSR count). The molecule has 4 nitrogen and oxygen atoms in total. The van der Waals surface area contributed by atoms with Crippen molar-refractivity contribution >= 4 is 22.7 Å². The number of para-hydroxylation sites is 2. The van der Waals surface area contributed by atoms with Crippen LogP contribution < -0.4 is 11.1 Å². The highest BCUT2D eigenvalue weighted by Gasteiger charge is 2.22. The standard InChI is InChI=1S/C11H12N4/c12-10-11(13-7-5-6-7)15-9-4-2-1-3-8(9)14-10/h1-4,7H,5-6H2,(H2,12,14)(H,13,15). The number of aromatic nitrogens is 2. The number of rotatable bonds is 2. The normalized spacial score (nSPS) is 15.5. The zero-order valence-electron chi connectivity index (χ0n) is 8.27. The maximum Gasteiger partial charge on any atom is 0.169 e. The van der Waals surface area contributed by atoms with E-state index in [1.165, 1.54) is 12.8 Å². The number of nitrogens with one attached hydrogen (secondary N) is 1. The van der Waals surface area contributed by atoms with Crippen LogP contribution in [0, 0.1) is 0 Å². The zero-order valence-corrected chi connectivity index (χ0v) is 8.27. The summed E-state index contributed by atoms with van der Waals surface area (Å²) >= 11 is 0. The molecule has 76 valence electrons. The Balaban J connectivity index is 2.08. The molecule has 15 heavy (non-hydrogen) atoms. The molecule has 0 aliphatic heterocycles. The fraction of sp³-hybridized carbons (Fsp3) is 0.273. The molecule has 0 unspecified atom stereocenters. The average molecular weight is 200 g/mol. The molecular weight excluding hydrogens is 188 g/mol. The predicted octanol–water partition coefficient (Wildman–Crippen LogP) is 1.79. The molecular formula is C11H12N4. The summed E-state index contributed by atoms with van der Waals surface area (Å²) in [5, 5.41) is 3.28. The minimum absolute atomic E-state index is 0.487. The SMILES string of the molecule is Nc1nc2ccccc2nc1NC1CC1. The monoisotopic (exact) mass is 200 g/mol.